The molecule has 0 atom stereocenters. The minimum absolute atomic E-state index is 0.132. The van der Waals surface area contributed by atoms with E-state index >= 15 is 0 Å². The molecule has 0 radical (unpaired) electrons. The Morgan fingerprint density at radius 2 is 2.11 bits per heavy atom. The molecule has 1 aromatic heterocycles. The predicted octanol–water partition coefficient (Wildman–Crippen LogP) is 1.29. The fourth-order valence-electron chi connectivity index (χ4n) is 1.26. The topological polar surface area (TPSA) is 74.4 Å². The van der Waals surface area contributed by atoms with Crippen molar-refractivity contribution in [2.24, 2.45) is 5.73 Å². The van der Waals surface area contributed by atoms with Crippen LogP contribution in [0.3, 0.4) is 0 Å². The van der Waals surface area contributed by atoms with Crippen LogP contribution in [0.5, 0.6) is 5.75 Å². The highest BCUT2D eigenvalue weighted by Gasteiger charge is 2.33. The van der Waals surface area contributed by atoms with Crippen LogP contribution in [0.15, 0.2) is 6.07 Å². The number of halogens is 4. The van der Waals surface area contributed by atoms with Crippen molar-refractivity contribution in [1.29, 1.82) is 0 Å². The number of pyridine rings is 1. The van der Waals surface area contributed by atoms with Crippen molar-refractivity contribution >= 4 is 5.97 Å². The monoisotopic (exact) mass is 282 g/mol. The van der Waals surface area contributed by atoms with Crippen molar-refractivity contribution in [1.82, 2.24) is 4.98 Å². The van der Waals surface area contributed by atoms with Gasteiger partial charge in [0.15, 0.2) is 11.6 Å². The Labute approximate surface area is 105 Å². The number of carbonyl (C=O) groups is 1. The number of nitrogens with two attached hydrogens (primary N) is 1. The first-order valence-corrected chi connectivity index (χ1v) is 4.97. The maximum absolute atomic E-state index is 13.5. The van der Waals surface area contributed by atoms with Gasteiger partial charge in [0.1, 0.15) is 0 Å². The molecule has 1 heterocycles. The molecule has 0 amide bonds. The second kappa shape index (κ2) is 5.83. The van der Waals surface area contributed by atoms with Gasteiger partial charge >= 0.3 is 12.3 Å². The smallest absolute Gasteiger partial charge is 0.469 e. The molecule has 1 aromatic rings. The second-order valence-corrected chi connectivity index (χ2v) is 3.38. The first kappa shape index (κ1) is 15.2. The van der Waals surface area contributed by atoms with E-state index in [4.69, 9.17) is 5.73 Å². The maximum atomic E-state index is 13.5. The molecule has 5 nitrogen and oxygen atoms in total. The number of hydrogen-bond donors (Lipinski definition) is 1. The highest BCUT2D eigenvalue weighted by Crippen LogP contribution is 2.27. The highest BCUT2D eigenvalue weighted by atomic mass is 19.4. The number of hydrogen-bond acceptors (Lipinski definition) is 5. The van der Waals surface area contributed by atoms with Crippen LogP contribution in [0, 0.1) is 5.82 Å². The minimum Gasteiger partial charge on any atom is -0.469 e. The van der Waals surface area contributed by atoms with E-state index in [0.29, 0.717) is 6.07 Å². The molecule has 0 aromatic carbocycles. The average Bonchev–Trinajstić information content (AvgIpc) is 2.31. The molecule has 0 aliphatic rings. The zero-order chi connectivity index (χ0) is 14.6. The maximum Gasteiger partial charge on any atom is 0.573 e. The average molecular weight is 282 g/mol. The van der Waals surface area contributed by atoms with Crippen molar-refractivity contribution in [3.8, 4) is 5.75 Å². The standard InChI is InChI=1S/C10H10F4N2O3/c1-18-8(17)3-5-2-7(19-10(12,13)14)9(11)6(4-15)16-5/h2H,3-4,15H2,1H3. The molecule has 0 fully saturated rings. The lowest BCUT2D eigenvalue weighted by atomic mass is 10.2. The zero-order valence-electron chi connectivity index (χ0n) is 9.75. The van der Waals surface area contributed by atoms with Crippen LogP contribution in [0.25, 0.3) is 0 Å². The van der Waals surface area contributed by atoms with Crippen molar-refractivity contribution in [2.75, 3.05) is 7.11 Å². The molecule has 2 N–H and O–H groups in total. The van der Waals surface area contributed by atoms with E-state index in [1.807, 2.05) is 0 Å². The molecule has 1 rings (SSSR count). The summed E-state index contributed by atoms with van der Waals surface area (Å²) in [6.45, 7) is -0.435. The van der Waals surface area contributed by atoms with E-state index in [1.165, 1.54) is 0 Å². The molecule has 9 heteroatoms. The third kappa shape index (κ3) is 4.36. The van der Waals surface area contributed by atoms with Gasteiger partial charge in [-0.3, -0.25) is 9.78 Å². The zero-order valence-corrected chi connectivity index (χ0v) is 9.75. The molecule has 106 valence electrons. The van der Waals surface area contributed by atoms with Crippen LogP contribution in [-0.4, -0.2) is 24.4 Å². The Kier molecular flexibility index (Phi) is 4.65. The van der Waals surface area contributed by atoms with Crippen molar-refractivity contribution in [3.63, 3.8) is 0 Å². The molecule has 0 bridgehead atoms. The molecule has 0 spiro atoms. The highest BCUT2D eigenvalue weighted by molar-refractivity contribution is 5.71. The van der Waals surface area contributed by atoms with Crippen LogP contribution >= 0.6 is 0 Å². The molecule has 0 saturated carbocycles. The molecule has 0 aliphatic carbocycles. The minimum atomic E-state index is -5.06. The molecular weight excluding hydrogens is 272 g/mol. The number of rotatable bonds is 4. The van der Waals surface area contributed by atoms with E-state index in [-0.39, 0.29) is 5.69 Å². The Hall–Kier alpha value is -1.90. The number of alkyl halides is 3. The predicted molar refractivity (Wildman–Crippen MR) is 54.5 cm³/mol. The van der Waals surface area contributed by atoms with E-state index in [2.05, 4.69) is 14.5 Å². The van der Waals surface area contributed by atoms with Crippen LogP contribution in [0.1, 0.15) is 11.4 Å². The fraction of sp³-hybridized carbons (Fsp3) is 0.400. The Balaban J connectivity index is 3.14. The molecule has 19 heavy (non-hydrogen) atoms. The summed E-state index contributed by atoms with van der Waals surface area (Å²) in [4.78, 5) is 14.6. The molecule has 0 unspecified atom stereocenters. The lowest BCUT2D eigenvalue weighted by Crippen LogP contribution is -2.20. The quantitative estimate of drug-likeness (QED) is 0.665. The summed E-state index contributed by atoms with van der Waals surface area (Å²) in [5, 5.41) is 0. The Bertz CT molecular complexity index is 477. The summed E-state index contributed by atoms with van der Waals surface area (Å²) in [6.07, 6.45) is -5.48. The van der Waals surface area contributed by atoms with Gasteiger partial charge in [-0.1, -0.05) is 0 Å². The number of aromatic nitrogens is 1. The number of carbonyl (C=O) groups excluding carboxylic acids is 1. The van der Waals surface area contributed by atoms with Gasteiger partial charge in [-0.25, -0.2) is 4.39 Å². The van der Waals surface area contributed by atoms with Gasteiger partial charge in [-0.15, -0.1) is 13.2 Å². The van der Waals surface area contributed by atoms with Crippen LogP contribution in [0.2, 0.25) is 0 Å². The summed E-state index contributed by atoms with van der Waals surface area (Å²) in [7, 11) is 1.10. The van der Waals surface area contributed by atoms with Gasteiger partial charge in [0.05, 0.1) is 24.9 Å². The van der Waals surface area contributed by atoms with Gasteiger partial charge < -0.3 is 15.2 Å². The van der Waals surface area contributed by atoms with E-state index in [9.17, 15) is 22.4 Å². The van der Waals surface area contributed by atoms with Gasteiger partial charge in [-0.05, 0) is 0 Å². The second-order valence-electron chi connectivity index (χ2n) is 3.38. The lowest BCUT2D eigenvalue weighted by Gasteiger charge is -2.12. The third-order valence-electron chi connectivity index (χ3n) is 2.02. The van der Waals surface area contributed by atoms with E-state index in [0.717, 1.165) is 7.11 Å². The summed E-state index contributed by atoms with van der Waals surface area (Å²) in [5.41, 5.74) is 4.60. The van der Waals surface area contributed by atoms with Gasteiger partial charge in [0, 0.05) is 12.6 Å². The Morgan fingerprint density at radius 3 is 2.58 bits per heavy atom. The van der Waals surface area contributed by atoms with Gasteiger partial charge in [0.2, 0.25) is 0 Å². The number of nitrogens with zero attached hydrogens (tertiary/aromatic N) is 1. The van der Waals surface area contributed by atoms with Gasteiger partial charge in [0.25, 0.3) is 0 Å². The van der Waals surface area contributed by atoms with Crippen LogP contribution in [-0.2, 0) is 22.5 Å². The normalized spacial score (nSPS) is 11.3. The number of esters is 1. The van der Waals surface area contributed by atoms with Crippen LogP contribution in [0.4, 0.5) is 17.6 Å². The summed E-state index contributed by atoms with van der Waals surface area (Å²) in [5.74, 6) is -3.13. The largest absolute Gasteiger partial charge is 0.573 e. The van der Waals surface area contributed by atoms with Crippen molar-refractivity contribution in [2.45, 2.75) is 19.3 Å². The number of ether oxygens (including phenoxy) is 2. The first-order chi connectivity index (χ1) is 8.76. The molecule has 0 saturated heterocycles. The third-order valence-corrected chi connectivity index (χ3v) is 2.02. The summed E-state index contributed by atoms with van der Waals surface area (Å²) in [6, 6.07) is 0.679. The van der Waals surface area contributed by atoms with E-state index < -0.39 is 42.6 Å². The summed E-state index contributed by atoms with van der Waals surface area (Å²) >= 11 is 0. The molecular formula is C10H10F4N2O3. The van der Waals surface area contributed by atoms with Crippen molar-refractivity contribution in [3.05, 3.63) is 23.3 Å². The molecule has 0 aliphatic heterocycles. The van der Waals surface area contributed by atoms with E-state index in [1.54, 1.807) is 0 Å². The fourth-order valence-corrected chi connectivity index (χ4v) is 1.26. The van der Waals surface area contributed by atoms with Crippen LogP contribution < -0.4 is 10.5 Å². The number of methoxy groups -OCH3 is 1. The van der Waals surface area contributed by atoms with Crippen molar-refractivity contribution < 1.29 is 31.8 Å². The van der Waals surface area contributed by atoms with Gasteiger partial charge in [-0.2, -0.15) is 0 Å². The summed E-state index contributed by atoms with van der Waals surface area (Å²) < 4.78 is 57.6. The Morgan fingerprint density at radius 1 is 1.47 bits per heavy atom. The SMILES string of the molecule is COC(=O)Cc1cc(OC(F)(F)F)c(F)c(CN)n1. The lowest BCUT2D eigenvalue weighted by molar-refractivity contribution is -0.275. The first-order valence-electron chi connectivity index (χ1n) is 4.97.